The van der Waals surface area contributed by atoms with Gasteiger partial charge in [0.2, 0.25) is 0 Å². The van der Waals surface area contributed by atoms with Crippen molar-refractivity contribution in [2.24, 2.45) is 0 Å². The van der Waals surface area contributed by atoms with E-state index in [4.69, 9.17) is 10.2 Å². The topological polar surface area (TPSA) is 313 Å². The van der Waals surface area contributed by atoms with Gasteiger partial charge < -0.3 is 63.5 Å². The van der Waals surface area contributed by atoms with Crippen LogP contribution >= 0.6 is 0 Å². The van der Waals surface area contributed by atoms with Gasteiger partial charge in [0.1, 0.15) is 0 Å². The summed E-state index contributed by atoms with van der Waals surface area (Å²) in [4.78, 5) is 0. The Labute approximate surface area is 189 Å². The molecule has 0 aromatic carbocycles. The molecule has 0 rings (SSSR count). The Hall–Kier alpha value is 2.48. The first-order valence-electron chi connectivity index (χ1n) is 3.39. The van der Waals surface area contributed by atoms with Gasteiger partial charge in [-0.05, 0) is 0 Å². The molecule has 0 aliphatic rings. The molecular weight excluding hydrogens is 439 g/mol. The van der Waals surface area contributed by atoms with Crippen LogP contribution in [0.25, 0.3) is 0 Å². The molecule has 20 heavy (non-hydrogen) atoms. The van der Waals surface area contributed by atoms with Gasteiger partial charge in [-0.15, -0.1) is 12.2 Å². The van der Waals surface area contributed by atoms with Gasteiger partial charge in [0, 0.05) is 13.2 Å². The number of rotatable bonds is 5. The van der Waals surface area contributed by atoms with Crippen LogP contribution in [-0.4, -0.2) is 172 Å². The van der Waals surface area contributed by atoms with E-state index in [1.54, 1.807) is 0 Å². The predicted molar refractivity (Wildman–Crippen MR) is 52.4 cm³/mol. The summed E-state index contributed by atoms with van der Waals surface area (Å²) in [6, 6.07) is 0. The van der Waals surface area contributed by atoms with E-state index in [9.17, 15) is 20.4 Å². The van der Waals surface area contributed by atoms with Gasteiger partial charge in [0.25, 0.3) is 0 Å². The van der Waals surface area contributed by atoms with E-state index in [-0.39, 0.29) is 124 Å². The van der Waals surface area contributed by atoms with Crippen molar-refractivity contribution < 1.29 is 63.5 Å². The van der Waals surface area contributed by atoms with Crippen LogP contribution in [0.3, 0.4) is 0 Å². The summed E-state index contributed by atoms with van der Waals surface area (Å²) < 4.78 is 0. The van der Waals surface area contributed by atoms with Gasteiger partial charge in [-0.2, -0.15) is 12.2 Å². The minimum absolute atomic E-state index is 0. The summed E-state index contributed by atoms with van der Waals surface area (Å²) in [5.74, 6) is 0. The van der Waals surface area contributed by atoms with Gasteiger partial charge in [-0.1, -0.05) is 0 Å². The first kappa shape index (κ1) is 57.1. The summed E-state index contributed by atoms with van der Waals surface area (Å²) in [5, 5.41) is 58.7. The van der Waals surface area contributed by atoms with E-state index in [2.05, 4.69) is 0 Å². The fourth-order valence-electron chi connectivity index (χ4n) is 0.631. The summed E-state index contributed by atoms with van der Waals surface area (Å²) in [6.45, 7) is -1.93. The molecule has 4 atom stereocenters. The van der Waals surface area contributed by atoms with Crippen LogP contribution < -0.4 is 20.4 Å². The summed E-state index contributed by atoms with van der Waals surface area (Å²) in [6.07, 6.45) is -8.39. The maximum atomic E-state index is 10.7. The molecule has 122 valence electrons. The smallest absolute Gasteiger partial charge is 0.870 e. The van der Waals surface area contributed by atoms with E-state index in [1.807, 2.05) is 0 Å². The van der Waals surface area contributed by atoms with E-state index >= 15 is 0 Å². The minimum atomic E-state index is -2.20. The Bertz CT molecular complexity index is 119. The average molecular weight is 455 g/mol. The quantitative estimate of drug-likeness (QED) is 0.365. The van der Waals surface area contributed by atoms with Crippen molar-refractivity contribution in [3.05, 3.63) is 0 Å². The zero-order chi connectivity index (χ0) is 9.72. The fraction of sp³-hybridized carbons (Fsp3) is 1.00. The van der Waals surface area contributed by atoms with E-state index < -0.39 is 37.6 Å². The maximum absolute atomic E-state index is 10.7. The van der Waals surface area contributed by atoms with Crippen LogP contribution in [0.4, 0.5) is 0 Å². The van der Waals surface area contributed by atoms with Crippen molar-refractivity contribution in [2.45, 2.75) is 24.4 Å². The Kier molecular flexibility index (Phi) is 94.7. The molecule has 0 aromatic rings. The third kappa shape index (κ3) is 22.8. The molecule has 0 heterocycles. The average Bonchev–Trinajstić information content (AvgIpc) is 2.12. The van der Waals surface area contributed by atoms with Crippen LogP contribution in [0.1, 0.15) is 0 Å². The van der Waals surface area contributed by atoms with Crippen molar-refractivity contribution in [2.75, 3.05) is 13.2 Å². The Balaban J connectivity index is -0.0000000216. The Morgan fingerprint density at radius 3 is 0.800 bits per heavy atom. The zero-order valence-corrected chi connectivity index (χ0v) is 17.3. The zero-order valence-electron chi connectivity index (χ0n) is 10.3. The number of hydrogen-bond acceptors (Lipinski definition) is 12. The molecule has 12 nitrogen and oxygen atoms in total. The van der Waals surface area contributed by atoms with Gasteiger partial charge in [-0.25, -0.2) is 0 Å². The molecule has 0 saturated heterocycles. The Morgan fingerprint density at radius 2 is 0.700 bits per heavy atom. The SMILES string of the molecule is [O-]C(CO)C([O-])C([O-])C([O-])CO.[OH-].[OH-].[OH-].[OH-].[OH-].[OH-].[Sr+2].[Sr+2]. The van der Waals surface area contributed by atoms with Gasteiger partial charge in [-0.3, -0.25) is 0 Å². The third-order valence-corrected chi connectivity index (χ3v) is 1.42. The van der Waals surface area contributed by atoms with Crippen molar-refractivity contribution in [3.8, 4) is 0 Å². The largest absolute Gasteiger partial charge is 2.00 e. The second kappa shape index (κ2) is 33.2. The van der Waals surface area contributed by atoms with Crippen molar-refractivity contribution in [3.63, 3.8) is 0 Å². The van der Waals surface area contributed by atoms with Crippen LogP contribution in [-0.2, 0) is 0 Å². The summed E-state index contributed by atoms with van der Waals surface area (Å²) in [7, 11) is 0. The summed E-state index contributed by atoms with van der Waals surface area (Å²) in [5.41, 5.74) is 0. The molecule has 0 aliphatic carbocycles. The molecule has 0 spiro atoms. The van der Waals surface area contributed by atoms with E-state index in [1.165, 1.54) is 0 Å². The Morgan fingerprint density at radius 1 is 0.550 bits per heavy atom. The van der Waals surface area contributed by atoms with Crippen molar-refractivity contribution >= 4 is 91.0 Å². The second-order valence-electron chi connectivity index (χ2n) is 2.37. The molecule has 8 N–H and O–H groups in total. The van der Waals surface area contributed by atoms with Gasteiger partial charge in [0.15, 0.2) is 0 Å². The third-order valence-electron chi connectivity index (χ3n) is 1.42. The number of aliphatic hydroxyl groups is 2. The van der Waals surface area contributed by atoms with E-state index in [0.29, 0.717) is 0 Å². The molecule has 0 radical (unpaired) electrons. The molecule has 0 aromatic heterocycles. The molecule has 0 saturated carbocycles. The van der Waals surface area contributed by atoms with Crippen LogP contribution in [0.5, 0.6) is 0 Å². The van der Waals surface area contributed by atoms with Crippen molar-refractivity contribution in [1.29, 1.82) is 0 Å². The standard InChI is InChI=1S/C6H10O6.6H2O.2Sr/c7-1-3(9)5(11)6(12)4(10)2-8;;;;;;;;/h3-8H,1-2H2;6*1H2;;/q-4;;;;;;;2*+2/p-6. The maximum Gasteiger partial charge on any atom is 2.00 e. The monoisotopic (exact) mass is 456 g/mol. The van der Waals surface area contributed by atoms with Gasteiger partial charge >= 0.3 is 91.0 Å². The fourth-order valence-corrected chi connectivity index (χ4v) is 0.631. The van der Waals surface area contributed by atoms with Crippen LogP contribution in [0.15, 0.2) is 0 Å². The first-order chi connectivity index (χ1) is 5.54. The number of aliphatic hydroxyl groups excluding tert-OH is 2. The van der Waals surface area contributed by atoms with E-state index in [0.717, 1.165) is 0 Å². The first-order valence-corrected chi connectivity index (χ1v) is 3.39. The number of hydrogen-bond donors (Lipinski definition) is 2. The molecular formula is C6H16O12Sr2-6. The van der Waals surface area contributed by atoms with Crippen LogP contribution in [0.2, 0.25) is 0 Å². The normalized spacial score (nSPS) is 12.9. The van der Waals surface area contributed by atoms with Crippen molar-refractivity contribution in [1.82, 2.24) is 0 Å². The molecule has 0 amide bonds. The minimum Gasteiger partial charge on any atom is -0.870 e. The second-order valence-corrected chi connectivity index (χ2v) is 2.37. The molecule has 0 fully saturated rings. The van der Waals surface area contributed by atoms with Gasteiger partial charge in [0.05, 0.1) is 0 Å². The molecule has 14 heteroatoms. The van der Waals surface area contributed by atoms with Crippen LogP contribution in [0, 0.1) is 0 Å². The molecule has 0 bridgehead atoms. The summed E-state index contributed by atoms with van der Waals surface area (Å²) >= 11 is 0. The predicted octanol–water partition coefficient (Wildman–Crippen LogP) is -7.94. The molecule has 0 aliphatic heterocycles. The molecule has 4 unspecified atom stereocenters.